The molecular weight excluding hydrogens is 883 g/mol. The van der Waals surface area contributed by atoms with Crippen molar-refractivity contribution in [2.24, 2.45) is 5.41 Å². The summed E-state index contributed by atoms with van der Waals surface area (Å²) in [5.74, 6) is -3.37. The number of aliphatic carboxylic acids is 2. The molecule has 2 unspecified atom stereocenters. The van der Waals surface area contributed by atoms with Crippen molar-refractivity contribution in [1.82, 2.24) is 30.2 Å². The van der Waals surface area contributed by atoms with E-state index in [1.165, 1.54) is 20.8 Å². The molecule has 1 saturated heterocycles. The van der Waals surface area contributed by atoms with E-state index in [2.05, 4.69) is 47.0 Å². The number of phosphoric acid groups is 3. The van der Waals surface area contributed by atoms with E-state index in [1.54, 1.807) is 0 Å². The Morgan fingerprint density at radius 2 is 1.58 bits per heavy atom. The van der Waals surface area contributed by atoms with Crippen molar-refractivity contribution in [3.05, 3.63) is 12.7 Å². The van der Waals surface area contributed by atoms with Crippen LogP contribution in [0, 0.1) is 5.41 Å². The highest BCUT2D eigenvalue weighted by molar-refractivity contribution is 7.80. The summed E-state index contributed by atoms with van der Waals surface area (Å²) in [5, 5.41) is 51.6. The number of aliphatic hydroxyl groups excluding tert-OH is 2. The molecule has 2 aromatic heterocycles. The number of nitrogens with zero attached hydrogens (tertiary/aromatic N) is 4. The van der Waals surface area contributed by atoms with Crippen LogP contribution in [0.25, 0.3) is 11.2 Å². The molecule has 3 rings (SSSR count). The number of carbonyl (C=O) groups is 4. The van der Waals surface area contributed by atoms with Gasteiger partial charge in [0.15, 0.2) is 17.7 Å². The summed E-state index contributed by atoms with van der Waals surface area (Å²) in [4.78, 5) is 94.7. The molecule has 13 N–H and O–H groups in total. The number of nitrogens with one attached hydrogen (secondary N) is 2. The van der Waals surface area contributed by atoms with Crippen molar-refractivity contribution < 1.29 is 101 Å². The van der Waals surface area contributed by atoms with Gasteiger partial charge in [-0.15, -0.1) is 0 Å². The third-order valence-corrected chi connectivity index (χ3v) is 10.9. The molecule has 28 nitrogen and oxygen atoms in total. The van der Waals surface area contributed by atoms with Gasteiger partial charge in [-0.3, -0.25) is 37.3 Å². The van der Waals surface area contributed by atoms with Crippen LogP contribution in [0.3, 0.4) is 0 Å². The maximum atomic E-state index is 12.6. The minimum atomic E-state index is -5.54. The molecule has 7 atom stereocenters. The molecule has 336 valence electrons. The van der Waals surface area contributed by atoms with Crippen molar-refractivity contribution in [3.8, 4) is 0 Å². The Kier molecular flexibility index (Phi) is 19.0. The minimum Gasteiger partial charge on any atom is -0.481 e. The number of nitrogen functional groups attached to an aromatic ring is 1. The molecule has 2 aromatic rings. The van der Waals surface area contributed by atoms with Crippen LogP contribution < -0.4 is 16.4 Å². The molecule has 1 aliphatic rings. The number of hydrogen-bond acceptors (Lipinski definition) is 20. The first-order chi connectivity index (χ1) is 27.0. The van der Waals surface area contributed by atoms with E-state index in [0.29, 0.717) is 12.3 Å². The number of imidazole rings is 1. The summed E-state index contributed by atoms with van der Waals surface area (Å²) >= 11 is 3.95. The number of carboxylic acid groups (broad SMARTS) is 2. The number of amides is 2. The van der Waals surface area contributed by atoms with Crippen molar-refractivity contribution in [2.45, 2.75) is 76.3 Å². The quantitative estimate of drug-likeness (QED) is 0.0449. The molecule has 59 heavy (non-hydrogen) atoms. The number of rotatable bonds is 22. The number of aromatic nitrogens is 4. The summed E-state index contributed by atoms with van der Waals surface area (Å²) in [6.07, 6.45) is -7.85. The van der Waals surface area contributed by atoms with Gasteiger partial charge in [0, 0.05) is 30.7 Å². The summed E-state index contributed by atoms with van der Waals surface area (Å²) in [7, 11) is -16.3. The van der Waals surface area contributed by atoms with Gasteiger partial charge < -0.3 is 66.2 Å². The zero-order valence-corrected chi connectivity index (χ0v) is 34.9. The van der Waals surface area contributed by atoms with Crippen molar-refractivity contribution in [2.75, 3.05) is 37.8 Å². The van der Waals surface area contributed by atoms with Gasteiger partial charge in [-0.1, -0.05) is 13.8 Å². The molecule has 2 amide bonds. The number of thiol groups is 1. The Balaban J connectivity index is 0.000000951. The second-order valence-corrected chi connectivity index (χ2v) is 18.1. The highest BCUT2D eigenvalue weighted by atomic mass is 32.1. The van der Waals surface area contributed by atoms with Gasteiger partial charge >= 0.3 is 35.4 Å². The normalized spacial score (nSPS) is 21.1. The first kappa shape index (κ1) is 51.9. The highest BCUT2D eigenvalue weighted by Crippen LogP contribution is 2.61. The number of carboxylic acids is 2. The number of nitrogens with two attached hydrogens (primary N) is 1. The predicted octanol–water partition coefficient (Wildman–Crippen LogP) is -1.98. The van der Waals surface area contributed by atoms with Crippen molar-refractivity contribution in [1.29, 1.82) is 0 Å². The van der Waals surface area contributed by atoms with Crippen LogP contribution >= 0.6 is 36.1 Å². The highest BCUT2D eigenvalue weighted by Gasteiger charge is 2.50. The number of anilines is 1. The van der Waals surface area contributed by atoms with Crippen LogP contribution in [-0.4, -0.2) is 150 Å². The van der Waals surface area contributed by atoms with Crippen LogP contribution in [0.4, 0.5) is 5.82 Å². The number of fused-ring (bicyclic) bond motifs is 1. The van der Waals surface area contributed by atoms with Gasteiger partial charge in [0.2, 0.25) is 11.8 Å². The molecule has 0 saturated carbocycles. The van der Waals surface area contributed by atoms with Crippen LogP contribution in [0.5, 0.6) is 0 Å². The first-order valence-electron chi connectivity index (χ1n) is 16.7. The SMILES string of the molecule is CC(C)(COP(=O)(O)OP(=O)(O)OC[C@H]1O[C@@H](n2cnc3c(N)ncnc32)[C@H](O)[C@@H]1OP(=O)(O)O)[C@@H](O)C(=O)NCCC(=O)NCCS.CC(O)(CC(=O)O)CC(=O)O. The Hall–Kier alpha value is -3.21. The Bertz CT molecular complexity index is 1910. The fourth-order valence-electron chi connectivity index (χ4n) is 4.85. The summed E-state index contributed by atoms with van der Waals surface area (Å²) < 4.78 is 61.7. The minimum absolute atomic E-state index is 0.0363. The van der Waals surface area contributed by atoms with Gasteiger partial charge in [-0.25, -0.2) is 28.6 Å². The molecule has 0 aromatic carbocycles. The molecule has 32 heteroatoms. The lowest BCUT2D eigenvalue weighted by Gasteiger charge is -2.30. The van der Waals surface area contributed by atoms with Gasteiger partial charge in [0.1, 0.15) is 36.3 Å². The maximum Gasteiger partial charge on any atom is 0.481 e. The van der Waals surface area contributed by atoms with Crippen molar-refractivity contribution in [3.63, 3.8) is 0 Å². The number of hydrogen-bond donors (Lipinski definition) is 13. The molecule has 1 aliphatic heterocycles. The third kappa shape index (κ3) is 17.4. The lowest BCUT2D eigenvalue weighted by Crippen LogP contribution is -2.46. The van der Waals surface area contributed by atoms with Gasteiger partial charge in [0.05, 0.1) is 38.0 Å². The lowest BCUT2D eigenvalue weighted by atomic mass is 9.87. The molecule has 0 bridgehead atoms. The zero-order chi connectivity index (χ0) is 45.1. The van der Waals surface area contributed by atoms with Gasteiger partial charge in [-0.2, -0.15) is 16.9 Å². The van der Waals surface area contributed by atoms with E-state index < -0.39 is 109 Å². The monoisotopic (exact) mass is 929 g/mol. The van der Waals surface area contributed by atoms with E-state index in [-0.39, 0.29) is 35.9 Å². The third-order valence-electron chi connectivity index (χ3n) is 7.58. The first-order valence-corrected chi connectivity index (χ1v) is 21.8. The van der Waals surface area contributed by atoms with E-state index in [0.717, 1.165) is 17.2 Å². The Morgan fingerprint density at radius 1 is 0.983 bits per heavy atom. The van der Waals surface area contributed by atoms with E-state index >= 15 is 0 Å². The Morgan fingerprint density at radius 3 is 2.14 bits per heavy atom. The molecule has 0 spiro atoms. The Labute approximate surface area is 339 Å². The predicted molar refractivity (Wildman–Crippen MR) is 199 cm³/mol. The van der Waals surface area contributed by atoms with Gasteiger partial charge in [0.25, 0.3) is 0 Å². The maximum absolute atomic E-state index is 12.6. The topological polar surface area (TPSA) is 441 Å². The van der Waals surface area contributed by atoms with Gasteiger partial charge in [-0.05, 0) is 6.92 Å². The average Bonchev–Trinajstić information content (AvgIpc) is 3.64. The van der Waals surface area contributed by atoms with E-state index in [1.807, 2.05) is 0 Å². The van der Waals surface area contributed by atoms with Crippen molar-refractivity contribution >= 4 is 76.8 Å². The molecule has 3 heterocycles. The molecule has 1 fully saturated rings. The second kappa shape index (κ2) is 21.5. The van der Waals surface area contributed by atoms with Crippen LogP contribution in [0.1, 0.15) is 46.3 Å². The average molecular weight is 930 g/mol. The summed E-state index contributed by atoms with van der Waals surface area (Å²) in [6.45, 7) is 1.90. The van der Waals surface area contributed by atoms with Crippen LogP contribution in [0.15, 0.2) is 12.7 Å². The largest absolute Gasteiger partial charge is 0.481 e. The van der Waals surface area contributed by atoms with Crippen LogP contribution in [0.2, 0.25) is 0 Å². The lowest BCUT2D eigenvalue weighted by molar-refractivity contribution is -0.147. The second-order valence-electron chi connectivity index (χ2n) is 13.4. The van der Waals surface area contributed by atoms with E-state index in [9.17, 15) is 62.7 Å². The smallest absolute Gasteiger partial charge is 0.481 e. The fraction of sp³-hybridized carbons (Fsp3) is 0.667. The molecular formula is C27H46N7O21P3S. The standard InChI is InChI=1S/C21H36N7O16P3S.C6H10O5/c1-21(2,16(31)19(32)24-4-3-12(29)23-5-6-48)8-41-47(38,39)44-46(36,37)40-7-11-15(43-45(33,34)35)14(30)20(42-11)28-10-27-13-17(22)25-9-26-18(13)28;1-6(11,2-4(7)8)3-5(9)10/h9-11,14-16,20,30-31,48H,3-8H2,1-2H3,(H,23,29)(H,24,32)(H,36,37)(H,38,39)(H2,22,25,26)(H2,33,34,35);11H,2-3H2,1H3,(H,7,8)(H,9,10)/t11-,14-,15-,16+,20-;/m1./s1. The molecule has 0 aliphatic carbocycles. The summed E-state index contributed by atoms with van der Waals surface area (Å²) in [6, 6.07) is 0. The van der Waals surface area contributed by atoms with Crippen LogP contribution in [-0.2, 0) is 55.5 Å². The van der Waals surface area contributed by atoms with E-state index in [4.69, 9.17) is 34.8 Å². The zero-order valence-electron chi connectivity index (χ0n) is 31.3. The number of ether oxygens (including phenoxy) is 1. The number of phosphoric ester groups is 3. The number of carbonyl (C=O) groups excluding carboxylic acids is 2. The summed E-state index contributed by atoms with van der Waals surface area (Å²) in [5.41, 5.74) is 2.64. The number of aliphatic hydroxyl groups is 3. The molecule has 0 radical (unpaired) electrons. The fourth-order valence-corrected chi connectivity index (χ4v) is 7.79.